The molecule has 0 radical (unpaired) electrons. The van der Waals surface area contributed by atoms with Gasteiger partial charge in [-0.05, 0) is 35.9 Å². The summed E-state index contributed by atoms with van der Waals surface area (Å²) in [6.45, 7) is 4.21. The number of rotatable bonds is 3. The van der Waals surface area contributed by atoms with Crippen LogP contribution in [-0.2, 0) is 5.60 Å². The largest absolute Gasteiger partial charge is 0.384 e. The van der Waals surface area contributed by atoms with E-state index in [2.05, 4.69) is 50.1 Å². The number of piperidine rings is 1. The first kappa shape index (κ1) is 19.8. The van der Waals surface area contributed by atoms with Crippen molar-refractivity contribution in [1.29, 1.82) is 0 Å². The number of hydrogen-bond donors (Lipinski definition) is 1. The van der Waals surface area contributed by atoms with Crippen molar-refractivity contribution in [2.75, 3.05) is 7.05 Å². The molecule has 2 nitrogen and oxygen atoms in total. The summed E-state index contributed by atoms with van der Waals surface area (Å²) in [5.74, 6) is -0.463. The number of benzene rings is 3. The van der Waals surface area contributed by atoms with E-state index in [0.717, 1.165) is 5.56 Å². The predicted molar refractivity (Wildman–Crippen MR) is 115 cm³/mol. The highest BCUT2D eigenvalue weighted by Crippen LogP contribution is 2.55. The van der Waals surface area contributed by atoms with E-state index < -0.39 is 5.60 Å². The Morgan fingerprint density at radius 3 is 1.55 bits per heavy atom. The third kappa shape index (κ3) is 3.29. The van der Waals surface area contributed by atoms with Gasteiger partial charge in [-0.15, -0.1) is 0 Å². The van der Waals surface area contributed by atoms with Crippen LogP contribution >= 0.6 is 0 Å². The van der Waals surface area contributed by atoms with Crippen LogP contribution in [0.1, 0.15) is 42.6 Å². The monoisotopic (exact) mass is 389 g/mol. The maximum Gasteiger partial charge on any atom is 0.123 e. The fraction of sp³-hybridized carbons (Fsp3) is 0.308. The Bertz CT molecular complexity index is 888. The van der Waals surface area contributed by atoms with Crippen LogP contribution in [0.4, 0.5) is 4.39 Å². The van der Waals surface area contributed by atoms with Gasteiger partial charge in [0.2, 0.25) is 0 Å². The summed E-state index contributed by atoms with van der Waals surface area (Å²) < 4.78 is 13.6. The third-order valence-corrected chi connectivity index (χ3v) is 6.80. The molecule has 1 saturated heterocycles. The zero-order valence-corrected chi connectivity index (χ0v) is 17.2. The molecule has 4 rings (SSSR count). The van der Waals surface area contributed by atoms with E-state index in [0.29, 0.717) is 0 Å². The lowest BCUT2D eigenvalue weighted by Gasteiger charge is -2.56. The Hall–Kier alpha value is -2.49. The van der Waals surface area contributed by atoms with Crippen molar-refractivity contribution in [3.05, 3.63) is 107 Å². The second-order valence-electron chi connectivity index (χ2n) is 8.29. The fourth-order valence-electron chi connectivity index (χ4n) is 5.37. The van der Waals surface area contributed by atoms with Crippen LogP contribution in [-0.4, -0.2) is 17.1 Å². The molecule has 0 aromatic heterocycles. The van der Waals surface area contributed by atoms with Gasteiger partial charge in [0.15, 0.2) is 0 Å². The van der Waals surface area contributed by atoms with Crippen molar-refractivity contribution in [2.45, 2.75) is 31.5 Å². The van der Waals surface area contributed by atoms with Gasteiger partial charge >= 0.3 is 0 Å². The number of halogens is 1. The summed E-state index contributed by atoms with van der Waals surface area (Å²) in [4.78, 5) is 2.39. The van der Waals surface area contributed by atoms with E-state index in [1.807, 2.05) is 36.4 Å². The van der Waals surface area contributed by atoms with Crippen molar-refractivity contribution < 1.29 is 9.50 Å². The molecule has 3 heteroatoms. The molecule has 1 aliphatic heterocycles. The quantitative estimate of drug-likeness (QED) is 0.620. The van der Waals surface area contributed by atoms with Crippen LogP contribution in [0.2, 0.25) is 0 Å². The van der Waals surface area contributed by atoms with E-state index >= 15 is 0 Å². The second-order valence-corrected chi connectivity index (χ2v) is 8.29. The maximum atomic E-state index is 13.6. The molecule has 4 atom stereocenters. The van der Waals surface area contributed by atoms with Gasteiger partial charge in [0.05, 0.1) is 5.60 Å². The van der Waals surface area contributed by atoms with Crippen LogP contribution in [0.15, 0.2) is 84.9 Å². The zero-order valence-electron chi connectivity index (χ0n) is 17.2. The number of aliphatic hydroxyl groups is 1. The SMILES string of the molecule is C[C@@H]1[C@@H](c2ccccc2)N(C)[C@H](c2ccccc2)[C@@H](C)C1(O)c1ccc(F)cc1. The van der Waals surface area contributed by atoms with Gasteiger partial charge in [-0.3, -0.25) is 4.90 Å². The molecule has 0 amide bonds. The fourth-order valence-corrected chi connectivity index (χ4v) is 5.37. The summed E-state index contributed by atoms with van der Waals surface area (Å²) in [7, 11) is 2.15. The van der Waals surface area contributed by atoms with Gasteiger partial charge in [-0.2, -0.15) is 0 Å². The minimum Gasteiger partial charge on any atom is -0.384 e. The van der Waals surface area contributed by atoms with Crippen molar-refractivity contribution in [3.63, 3.8) is 0 Å². The lowest BCUT2D eigenvalue weighted by Crippen LogP contribution is -2.56. The standard InChI is InChI=1S/C26H28FNO/c1-18-24(20-10-6-4-7-11-20)28(3)25(21-12-8-5-9-13-21)19(2)26(18,29)22-14-16-23(27)17-15-22/h4-19,24-25,29H,1-3H3/t18-,19-,24+,25+/m1/s1. The van der Waals surface area contributed by atoms with Gasteiger partial charge in [0, 0.05) is 23.9 Å². The van der Waals surface area contributed by atoms with Crippen LogP contribution < -0.4 is 0 Å². The molecule has 0 aliphatic carbocycles. The number of nitrogens with zero attached hydrogens (tertiary/aromatic N) is 1. The van der Waals surface area contributed by atoms with E-state index in [1.54, 1.807) is 12.1 Å². The molecule has 0 spiro atoms. The Kier molecular flexibility index (Phi) is 5.28. The smallest absolute Gasteiger partial charge is 0.123 e. The van der Waals surface area contributed by atoms with E-state index in [1.165, 1.54) is 23.3 Å². The molecule has 1 fully saturated rings. The highest BCUT2D eigenvalue weighted by atomic mass is 19.1. The van der Waals surface area contributed by atoms with Crippen molar-refractivity contribution >= 4 is 0 Å². The van der Waals surface area contributed by atoms with Crippen LogP contribution in [0.25, 0.3) is 0 Å². The van der Waals surface area contributed by atoms with E-state index in [9.17, 15) is 9.50 Å². The van der Waals surface area contributed by atoms with Gasteiger partial charge < -0.3 is 5.11 Å². The van der Waals surface area contributed by atoms with Crippen LogP contribution in [0.5, 0.6) is 0 Å². The van der Waals surface area contributed by atoms with Gasteiger partial charge in [-0.25, -0.2) is 4.39 Å². The first-order chi connectivity index (χ1) is 13.9. The summed E-state index contributed by atoms with van der Waals surface area (Å²) in [6, 6.07) is 27.1. The maximum absolute atomic E-state index is 13.6. The molecular formula is C26H28FNO. The van der Waals surface area contributed by atoms with Crippen LogP contribution in [0.3, 0.4) is 0 Å². The average Bonchev–Trinajstić information content (AvgIpc) is 2.74. The highest BCUT2D eigenvalue weighted by molar-refractivity contribution is 5.33. The van der Waals surface area contributed by atoms with E-state index in [-0.39, 0.29) is 29.7 Å². The normalized spacial score (nSPS) is 30.2. The molecule has 1 aliphatic rings. The van der Waals surface area contributed by atoms with Crippen molar-refractivity contribution in [2.24, 2.45) is 11.8 Å². The molecule has 3 aromatic carbocycles. The Balaban J connectivity index is 1.89. The van der Waals surface area contributed by atoms with Crippen molar-refractivity contribution in [1.82, 2.24) is 4.90 Å². The summed E-state index contributed by atoms with van der Waals surface area (Å²) in [5.41, 5.74) is 2.03. The first-order valence-corrected chi connectivity index (χ1v) is 10.2. The molecule has 1 N–H and O–H groups in total. The van der Waals surface area contributed by atoms with Gasteiger partial charge in [-0.1, -0.05) is 86.6 Å². The molecular weight excluding hydrogens is 361 g/mol. The predicted octanol–water partition coefficient (Wildman–Crippen LogP) is 5.71. The molecule has 150 valence electrons. The molecule has 0 unspecified atom stereocenters. The molecule has 29 heavy (non-hydrogen) atoms. The van der Waals surface area contributed by atoms with Gasteiger partial charge in [0.1, 0.15) is 5.82 Å². The zero-order chi connectivity index (χ0) is 20.6. The minimum atomic E-state index is -1.10. The Morgan fingerprint density at radius 2 is 1.14 bits per heavy atom. The van der Waals surface area contributed by atoms with Gasteiger partial charge in [0.25, 0.3) is 0 Å². The number of hydrogen-bond acceptors (Lipinski definition) is 2. The third-order valence-electron chi connectivity index (χ3n) is 6.80. The number of likely N-dealkylation sites (tertiary alicyclic amines) is 1. The Morgan fingerprint density at radius 1 is 0.724 bits per heavy atom. The summed E-state index contributed by atoms with van der Waals surface area (Å²) >= 11 is 0. The molecule has 0 saturated carbocycles. The molecule has 1 heterocycles. The summed E-state index contributed by atoms with van der Waals surface area (Å²) in [5, 5.41) is 12.2. The Labute approximate surface area is 172 Å². The van der Waals surface area contributed by atoms with Crippen LogP contribution in [0, 0.1) is 17.7 Å². The van der Waals surface area contributed by atoms with Crippen molar-refractivity contribution in [3.8, 4) is 0 Å². The highest BCUT2D eigenvalue weighted by Gasteiger charge is 2.54. The van der Waals surface area contributed by atoms with E-state index in [4.69, 9.17) is 0 Å². The summed E-state index contributed by atoms with van der Waals surface area (Å²) in [6.07, 6.45) is 0. The topological polar surface area (TPSA) is 23.5 Å². The average molecular weight is 390 g/mol. The minimum absolute atomic E-state index is 0.0210. The lowest BCUT2D eigenvalue weighted by atomic mass is 9.62. The molecule has 3 aromatic rings. The lowest BCUT2D eigenvalue weighted by molar-refractivity contribution is -0.161. The second kappa shape index (κ2) is 7.74. The molecule has 0 bridgehead atoms. The first-order valence-electron chi connectivity index (χ1n) is 10.2.